The van der Waals surface area contributed by atoms with E-state index < -0.39 is 107 Å². The molecule has 2 heterocycles. The monoisotopic (exact) mass is 1060 g/mol. The Morgan fingerprint density at radius 3 is 1.92 bits per heavy atom. The van der Waals surface area contributed by atoms with E-state index in [1.807, 2.05) is 0 Å². The van der Waals surface area contributed by atoms with Gasteiger partial charge in [-0.25, -0.2) is 9.78 Å². The van der Waals surface area contributed by atoms with Crippen LogP contribution in [-0.2, 0) is 57.6 Å². The molecule has 0 unspecified atom stereocenters. The smallest absolute Gasteiger partial charge is 0.326 e. The predicted molar refractivity (Wildman–Crippen MR) is 272 cm³/mol. The number of rotatable bonds is 27. The summed E-state index contributed by atoms with van der Waals surface area (Å²) in [6, 6.07) is 2.57. The number of phenols is 1. The lowest BCUT2D eigenvalue weighted by Crippen LogP contribution is -2.61. The molecule has 73 heavy (non-hydrogen) atoms. The van der Waals surface area contributed by atoms with Crippen LogP contribution < -0.4 is 48.7 Å². The predicted octanol–water partition coefficient (Wildman–Crippen LogP) is 0.0194. The summed E-state index contributed by atoms with van der Waals surface area (Å²) in [4.78, 5) is 122. The van der Waals surface area contributed by atoms with Crippen LogP contribution in [0.1, 0.15) is 70.2 Å². The molecule has 398 valence electrons. The molecule has 1 aromatic heterocycles. The van der Waals surface area contributed by atoms with E-state index in [2.05, 4.69) is 52.2 Å². The van der Waals surface area contributed by atoms with Crippen LogP contribution in [0.3, 0.4) is 0 Å². The summed E-state index contributed by atoms with van der Waals surface area (Å²) < 4.78 is 0. The molecule has 1 aliphatic rings. The third-order valence-corrected chi connectivity index (χ3v) is 12.5. The molecule has 14 N–H and O–H groups in total. The molecule has 0 aliphatic carbocycles. The van der Waals surface area contributed by atoms with Crippen molar-refractivity contribution in [2.24, 2.45) is 28.3 Å². The van der Waals surface area contributed by atoms with Crippen LogP contribution in [0.5, 0.6) is 5.75 Å². The number of benzene rings is 2. The average Bonchev–Trinajstić information content (AvgIpc) is 4.05. The molecule has 3 aromatic rings. The molecule has 1 fully saturated rings. The fourth-order valence-electron chi connectivity index (χ4n) is 8.10. The van der Waals surface area contributed by atoms with Gasteiger partial charge in [0.25, 0.3) is 0 Å². The van der Waals surface area contributed by atoms with Crippen molar-refractivity contribution in [3.8, 4) is 5.75 Å². The minimum Gasteiger partial charge on any atom is -0.505 e. The largest absolute Gasteiger partial charge is 0.505 e. The zero-order chi connectivity index (χ0) is 53.9. The number of nitrogens with one attached hydrogen (secondary N) is 8. The van der Waals surface area contributed by atoms with Crippen LogP contribution in [-0.4, -0.2) is 147 Å². The number of carboxylic acid groups (broad SMARTS) is 1. The van der Waals surface area contributed by atoms with Gasteiger partial charge in [-0.3, -0.25) is 38.6 Å². The van der Waals surface area contributed by atoms with Crippen molar-refractivity contribution in [3.05, 3.63) is 81.9 Å². The molecular formula is C48H67Cl2N13O10. The number of imidazole rings is 1. The number of aliphatic carboxylic acids is 1. The zero-order valence-electron chi connectivity index (χ0n) is 41.4. The van der Waals surface area contributed by atoms with Gasteiger partial charge in [0.2, 0.25) is 41.4 Å². The van der Waals surface area contributed by atoms with E-state index in [1.165, 1.54) is 29.6 Å². The van der Waals surface area contributed by atoms with E-state index in [0.717, 1.165) is 0 Å². The maximum atomic E-state index is 14.5. The Balaban J connectivity index is 1.59. The Labute approximate surface area is 433 Å². The molecular weight excluding hydrogens is 990 g/mol. The number of halogens is 2. The summed E-state index contributed by atoms with van der Waals surface area (Å²) in [5, 5.41) is 38.8. The van der Waals surface area contributed by atoms with Crippen molar-refractivity contribution in [2.75, 3.05) is 26.7 Å². The number of carbonyl (C=O) groups excluding carboxylic acids is 7. The third-order valence-electron chi connectivity index (χ3n) is 11.9. The number of nitrogens with two attached hydrogens (primary N) is 2. The second kappa shape index (κ2) is 28.3. The normalized spacial score (nSPS) is 15.7. The molecule has 0 spiro atoms. The highest BCUT2D eigenvalue weighted by Crippen LogP contribution is 2.33. The molecule has 7 atom stereocenters. The van der Waals surface area contributed by atoms with Gasteiger partial charge in [-0.15, -0.1) is 0 Å². The fourth-order valence-corrected chi connectivity index (χ4v) is 8.63. The topological polar surface area (TPSA) is 358 Å². The first-order valence-electron chi connectivity index (χ1n) is 23.8. The molecule has 0 bridgehead atoms. The number of hydrogen-bond acceptors (Lipinski definition) is 12. The van der Waals surface area contributed by atoms with E-state index in [0.29, 0.717) is 23.2 Å². The number of carboxylic acids is 1. The van der Waals surface area contributed by atoms with E-state index in [-0.39, 0.29) is 74.2 Å². The lowest BCUT2D eigenvalue weighted by atomic mass is 9.98. The van der Waals surface area contributed by atoms with Gasteiger partial charge >= 0.3 is 5.97 Å². The van der Waals surface area contributed by atoms with Crippen LogP contribution in [0.15, 0.2) is 60.0 Å². The summed E-state index contributed by atoms with van der Waals surface area (Å²) in [7, 11) is 1.55. The third kappa shape index (κ3) is 17.9. The van der Waals surface area contributed by atoms with Crippen LogP contribution >= 0.6 is 23.2 Å². The molecule has 0 radical (unpaired) electrons. The van der Waals surface area contributed by atoms with Gasteiger partial charge in [0.1, 0.15) is 42.3 Å². The Morgan fingerprint density at radius 2 is 1.37 bits per heavy atom. The molecule has 4 rings (SSSR count). The van der Waals surface area contributed by atoms with Crippen molar-refractivity contribution >= 4 is 76.5 Å². The van der Waals surface area contributed by atoms with Gasteiger partial charge in [-0.05, 0) is 67.8 Å². The highest BCUT2D eigenvalue weighted by molar-refractivity contribution is 6.37. The first-order chi connectivity index (χ1) is 34.6. The van der Waals surface area contributed by atoms with Crippen LogP contribution in [0.4, 0.5) is 0 Å². The number of aliphatic imine (C=N–C) groups is 1. The quantitative estimate of drug-likeness (QED) is 0.0272. The number of likely N-dealkylation sites (tertiary alicyclic amines) is 1. The maximum absolute atomic E-state index is 14.5. The maximum Gasteiger partial charge on any atom is 0.326 e. The number of likely N-dealkylation sites (N-methyl/N-ethyl adjacent to an activating group) is 1. The van der Waals surface area contributed by atoms with Gasteiger partial charge in [0.15, 0.2) is 11.7 Å². The zero-order valence-corrected chi connectivity index (χ0v) is 42.9. The number of aromatic hydroxyl groups is 1. The Kier molecular flexibility index (Phi) is 22.7. The van der Waals surface area contributed by atoms with Gasteiger partial charge < -0.3 is 68.8 Å². The minimum absolute atomic E-state index is 0.00163. The summed E-state index contributed by atoms with van der Waals surface area (Å²) in [6.45, 7) is 6.78. The van der Waals surface area contributed by atoms with Crippen LogP contribution in [0, 0.1) is 11.8 Å². The summed E-state index contributed by atoms with van der Waals surface area (Å²) in [5.41, 5.74) is 12.3. The lowest BCUT2D eigenvalue weighted by Gasteiger charge is -2.31. The number of amides is 7. The number of hydrogen-bond donors (Lipinski definition) is 12. The second-order valence-electron chi connectivity index (χ2n) is 18.4. The second-order valence-corrected chi connectivity index (χ2v) is 19.2. The molecule has 7 amide bonds. The Hall–Kier alpha value is -6.98. The van der Waals surface area contributed by atoms with Gasteiger partial charge in [0.05, 0.1) is 22.9 Å². The molecule has 25 heteroatoms. The first kappa shape index (κ1) is 58.6. The summed E-state index contributed by atoms with van der Waals surface area (Å²) >= 11 is 12.5. The number of H-pyrrole nitrogens is 1. The summed E-state index contributed by atoms with van der Waals surface area (Å²) in [5.74, 6) is -8.03. The van der Waals surface area contributed by atoms with Crippen LogP contribution in [0.25, 0.3) is 0 Å². The first-order valence-corrected chi connectivity index (χ1v) is 24.6. The Bertz CT molecular complexity index is 2400. The highest BCUT2D eigenvalue weighted by atomic mass is 35.5. The van der Waals surface area contributed by atoms with Crippen LogP contribution in [0.2, 0.25) is 10.0 Å². The van der Waals surface area contributed by atoms with Crippen molar-refractivity contribution < 1.29 is 48.6 Å². The SMILES string of the molecule is CNCC(=O)N[C@@H](CCCN=C(N)N)C(=O)N[C@H](C(=O)N[C@@H](Cc1cc(Cl)c(O)c(Cl)c1)C(=O)N[C@H](C(=O)N[C@@H](Cc1cnc[nH]1)C(=O)N1CCC[C@@H]1C(=O)N[C@@H](Cc1ccccc1)C(=O)O)C(C)C)C(C)C. The number of aromatic amines is 1. The van der Waals surface area contributed by atoms with Crippen molar-refractivity contribution in [1.82, 2.24) is 52.1 Å². The molecule has 23 nitrogen and oxygen atoms in total. The fraction of sp³-hybridized carbons (Fsp3) is 0.500. The number of carbonyl (C=O) groups is 8. The minimum atomic E-state index is -1.48. The Morgan fingerprint density at radius 1 is 0.781 bits per heavy atom. The van der Waals surface area contributed by atoms with Crippen molar-refractivity contribution in [1.29, 1.82) is 0 Å². The van der Waals surface area contributed by atoms with E-state index in [4.69, 9.17) is 34.7 Å². The van der Waals surface area contributed by atoms with E-state index in [1.54, 1.807) is 65.1 Å². The van der Waals surface area contributed by atoms with Crippen molar-refractivity contribution in [2.45, 2.75) is 115 Å². The standard InChI is InChI=1S/C48H67Cl2N13O10/c1-25(2)38(61-41(66)32(57-37(64)23-53-5)13-9-15-55-48(51)52)44(69)58-33(20-28-17-30(49)40(65)31(50)18-28)42(67)62-39(26(3)4)45(70)59-34(21-29-22-54-24-56-29)46(71)63-16-10-14-36(63)43(68)60-35(47(72)73)19-27-11-7-6-8-12-27/h6-8,11-12,17-18,22,24-26,32-36,38-39,53,65H,9-10,13-16,19-21,23H2,1-5H3,(H,54,56)(H,57,64)(H,58,69)(H,59,70)(H,60,68)(H,61,66)(H,62,67)(H,72,73)(H4,51,52,55)/t32-,33-,34-,35-,36+,38-,39-/m0/s1. The van der Waals surface area contributed by atoms with Crippen molar-refractivity contribution in [3.63, 3.8) is 0 Å². The lowest BCUT2D eigenvalue weighted by molar-refractivity contribution is -0.145. The number of phenolic OH excluding ortho intramolecular Hbond substituents is 1. The van der Waals surface area contributed by atoms with Gasteiger partial charge in [-0.2, -0.15) is 0 Å². The van der Waals surface area contributed by atoms with E-state index in [9.17, 15) is 48.6 Å². The molecule has 1 aliphatic heterocycles. The molecule has 2 aromatic carbocycles. The summed E-state index contributed by atoms with van der Waals surface area (Å²) in [6.07, 6.45) is 3.47. The number of nitrogens with zero attached hydrogens (tertiary/aromatic N) is 3. The highest BCUT2D eigenvalue weighted by Gasteiger charge is 2.41. The van der Waals surface area contributed by atoms with E-state index >= 15 is 0 Å². The molecule has 0 saturated carbocycles. The number of guanidine groups is 1. The molecule has 1 saturated heterocycles. The number of aromatic nitrogens is 2. The van der Waals surface area contributed by atoms with Gasteiger partial charge in [-0.1, -0.05) is 81.2 Å². The van der Waals surface area contributed by atoms with Gasteiger partial charge in [0, 0.05) is 44.2 Å². The average molecular weight is 1060 g/mol.